The number of methoxy groups -OCH3 is 3. The standard InChI is InChI=1S/C28H31NO6S2.C22H26ClNO6S.C16H17ClN2O4S.C14H14N2O3S2.C10H18O5.C6H6S/c1-28(2,3)35-23(30)14-22-25(31)29-24(27(32)34-15-18-10-12-20(33-4)13-11-18)19(17-37-26(22)29)16-36-21-8-6-5-7-9-21;1-22(2,3)30-17(25)9-16-19(26)24-18(14(10-23)12-31-20(16)24)21(27)29-11-13-5-7-15(28-4)8-6-13;1-22-11-4-2-9(3-5-11)7-23-16(21)13-10(6-17)8-24-15-12(18)14(20)19(13)15;15-10-12(17)16-11(14(18)19)8(7-21-13(10)16)6-20-9-4-2-1-3-5-9;1-9(2,3)14-7(11)13-8(12)15-10(4,5)6;7-6-4-2-1-3-5-6/h5-13,22,26H,14-17H2,1-4H3;5-8,16,20H,9-12H2,1-4H3;2-5,12,15H,6-8,18H2,1H3;1-5,10,13H,6-7,15H2,(H,18,19);1-6H3;1-5,7H/t22-,26?;16-,20?;12-,15?;10-,13?;;/m1111../s1. The van der Waals surface area contributed by atoms with E-state index in [0.29, 0.717) is 62.9 Å². The van der Waals surface area contributed by atoms with Crippen molar-refractivity contribution < 1.29 is 115 Å². The van der Waals surface area contributed by atoms with Crippen LogP contribution in [0.1, 0.15) is 113 Å². The van der Waals surface area contributed by atoms with E-state index in [1.807, 2.05) is 115 Å². The predicted octanol–water partition coefficient (Wildman–Crippen LogP) is 16.2. The average Bonchev–Trinajstić information content (AvgIpc) is 0.736. The molecule has 4 unspecified atom stereocenters. The summed E-state index contributed by atoms with van der Waals surface area (Å²) in [6.45, 7) is 21.0. The van der Waals surface area contributed by atoms with Crippen molar-refractivity contribution >= 4 is 178 Å². The summed E-state index contributed by atoms with van der Waals surface area (Å²) in [4.78, 5) is 156. The zero-order valence-corrected chi connectivity index (χ0v) is 84.6. The number of rotatable bonds is 25. The lowest BCUT2D eigenvalue weighted by atomic mass is 9.92. The van der Waals surface area contributed by atoms with Crippen LogP contribution >= 0.6 is 106 Å². The molecule has 14 rings (SSSR count). The van der Waals surface area contributed by atoms with Gasteiger partial charge in [0.25, 0.3) is 0 Å². The molecule has 4 saturated heterocycles. The van der Waals surface area contributed by atoms with Gasteiger partial charge < -0.3 is 68.7 Å². The third-order valence-corrected chi connectivity index (χ3v) is 28.5. The molecule has 4 amide bonds. The number of carboxylic acids is 1. The highest BCUT2D eigenvalue weighted by molar-refractivity contribution is 8.01. The van der Waals surface area contributed by atoms with Crippen LogP contribution in [0.4, 0.5) is 9.59 Å². The number of nitrogens with zero attached hydrogens (tertiary/aromatic N) is 4. The molecule has 0 saturated carbocycles. The topological polar surface area (TPSA) is 392 Å². The summed E-state index contributed by atoms with van der Waals surface area (Å²) < 4.78 is 56.4. The van der Waals surface area contributed by atoms with Gasteiger partial charge in [-0.3, -0.25) is 48.4 Å². The van der Waals surface area contributed by atoms with E-state index in [1.165, 1.54) is 54.9 Å². The number of hydrogen-bond donors (Lipinski definition) is 4. The summed E-state index contributed by atoms with van der Waals surface area (Å²) in [6.07, 6.45) is -2.14. The number of β-lactam (4-membered cyclic amide) rings is 4. The van der Waals surface area contributed by atoms with E-state index in [1.54, 1.807) is 188 Å². The van der Waals surface area contributed by atoms with E-state index in [0.717, 1.165) is 48.3 Å². The number of thiol groups is 1. The van der Waals surface area contributed by atoms with Gasteiger partial charge in [0, 0.05) is 61.0 Å². The van der Waals surface area contributed by atoms with Crippen molar-refractivity contribution in [3.8, 4) is 17.2 Å². The van der Waals surface area contributed by atoms with Crippen molar-refractivity contribution in [2.75, 3.05) is 67.6 Å². The normalized spacial score (nSPS) is 19.6. The molecule has 8 heterocycles. The lowest BCUT2D eigenvalue weighted by Crippen LogP contribution is -2.68. The maximum Gasteiger partial charge on any atom is 0.519 e. The van der Waals surface area contributed by atoms with Gasteiger partial charge in [0.05, 0.1) is 56.8 Å². The van der Waals surface area contributed by atoms with E-state index in [2.05, 4.69) is 17.4 Å². The number of halogens is 2. The number of esters is 5. The third kappa shape index (κ3) is 31.3. The summed E-state index contributed by atoms with van der Waals surface area (Å²) >= 11 is 25.3. The smallest absolute Gasteiger partial charge is 0.497 e. The van der Waals surface area contributed by atoms with Crippen molar-refractivity contribution in [1.29, 1.82) is 0 Å². The minimum Gasteiger partial charge on any atom is -0.497 e. The lowest BCUT2D eigenvalue weighted by molar-refractivity contribution is -0.165. The number of thioether (sulfide) groups is 6. The number of benzene rings is 6. The Labute approximate surface area is 826 Å². The molecular formula is C96H112Cl2N6O24S7. The number of ether oxygens (including phenoxy) is 11. The van der Waals surface area contributed by atoms with Gasteiger partial charge in [0.2, 0.25) is 23.6 Å². The van der Waals surface area contributed by atoms with Crippen LogP contribution in [0.5, 0.6) is 17.2 Å². The van der Waals surface area contributed by atoms with Gasteiger partial charge in [0.1, 0.15) is 105 Å². The van der Waals surface area contributed by atoms with Crippen molar-refractivity contribution in [1.82, 2.24) is 19.6 Å². The molecule has 30 nitrogen and oxygen atoms in total. The van der Waals surface area contributed by atoms with Crippen molar-refractivity contribution in [2.24, 2.45) is 23.3 Å². The number of amides is 4. The number of fused-ring (bicyclic) bond motifs is 4. The summed E-state index contributed by atoms with van der Waals surface area (Å²) in [5.74, 6) is 0.0608. The Morgan fingerprint density at radius 2 is 0.681 bits per heavy atom. The van der Waals surface area contributed by atoms with Crippen molar-refractivity contribution in [3.63, 3.8) is 0 Å². The summed E-state index contributed by atoms with van der Waals surface area (Å²) in [6, 6.07) is 50.0. The second kappa shape index (κ2) is 49.9. The van der Waals surface area contributed by atoms with Crippen LogP contribution < -0.4 is 25.7 Å². The number of aliphatic carboxylic acids is 1. The van der Waals surface area contributed by atoms with E-state index in [9.17, 15) is 62.6 Å². The Balaban J connectivity index is 0.000000191. The summed E-state index contributed by atoms with van der Waals surface area (Å²) in [5, 5.41) is 8.37. The van der Waals surface area contributed by atoms with Crippen LogP contribution in [-0.2, 0) is 106 Å². The second-order valence-electron chi connectivity index (χ2n) is 34.7. The number of hydrogen-bond acceptors (Lipinski definition) is 32. The second-order valence-corrected chi connectivity index (χ2v) is 42.3. The Bertz CT molecular complexity index is 5320. The fraction of sp³-hybridized carbons (Fsp3) is 0.417. The number of alkyl halides is 2. The highest BCUT2D eigenvalue weighted by Crippen LogP contribution is 2.49. The first-order valence-corrected chi connectivity index (χ1v) is 50.1. The zero-order valence-electron chi connectivity index (χ0n) is 77.3. The first kappa shape index (κ1) is 109. The van der Waals surface area contributed by atoms with Gasteiger partial charge in [-0.2, -0.15) is 0 Å². The van der Waals surface area contributed by atoms with Crippen LogP contribution in [0.25, 0.3) is 0 Å². The van der Waals surface area contributed by atoms with E-state index in [4.69, 9.17) is 82.0 Å². The third-order valence-electron chi connectivity index (χ3n) is 19.8. The van der Waals surface area contributed by atoms with Crippen molar-refractivity contribution in [3.05, 3.63) is 226 Å². The van der Waals surface area contributed by atoms with Gasteiger partial charge in [-0.15, -0.1) is 106 Å². The van der Waals surface area contributed by atoms with Gasteiger partial charge in [0.15, 0.2) is 0 Å². The molecule has 0 bridgehead atoms. The minimum atomic E-state index is -1.06. The minimum absolute atomic E-state index is 0.00740. The van der Waals surface area contributed by atoms with Gasteiger partial charge in [-0.05, 0) is 195 Å². The monoisotopic (exact) mass is 2030 g/mol. The first-order valence-electron chi connectivity index (χ1n) is 42.5. The van der Waals surface area contributed by atoms with Crippen LogP contribution in [0.15, 0.2) is 224 Å². The Morgan fingerprint density at radius 1 is 0.400 bits per heavy atom. The Kier molecular flexibility index (Phi) is 40.2. The van der Waals surface area contributed by atoms with Gasteiger partial charge in [-0.1, -0.05) is 91.0 Å². The maximum atomic E-state index is 13.4. The molecule has 0 aromatic heterocycles. The maximum absolute atomic E-state index is 13.4. The molecule has 8 aliphatic heterocycles. The molecule has 135 heavy (non-hydrogen) atoms. The Hall–Kier alpha value is -9.93. The molecule has 0 spiro atoms. The number of carbonyl (C=O) groups excluding carboxylic acids is 11. The molecule has 8 aliphatic rings. The molecule has 4 fully saturated rings. The Morgan fingerprint density at radius 3 is 0.970 bits per heavy atom. The molecular weight excluding hydrogens is 1920 g/mol. The molecule has 6 aromatic rings. The SMILES string of the molecule is CC(C)(C)OC(=O)OC(=O)OC(C)(C)C.COc1ccc(COC(=O)C2=C(CCl)CSC3[C@H](CC(=O)OC(C)(C)C)C(=O)N23)cc1.COc1ccc(COC(=O)C2=C(CCl)CSC3[C@H](N)C(=O)N23)cc1.COc1ccc(COC(=O)C2=C(CSc3ccccc3)CSC3[C@H](CC(=O)OC(C)(C)C)C(=O)N23)cc1.N[C@@H]1C(=O)N2C(C(=O)O)=C(CSc3ccccc3)CSC12.Sc1ccccc1. The fourth-order valence-corrected chi connectivity index (χ4v) is 21.9. The molecule has 39 heteroatoms. The van der Waals surface area contributed by atoms with E-state index >= 15 is 0 Å². The average molecular weight is 2030 g/mol. The predicted molar refractivity (Wildman–Crippen MR) is 523 cm³/mol. The molecule has 6 aromatic carbocycles. The molecule has 0 aliphatic carbocycles. The number of carbonyl (C=O) groups is 12. The van der Waals surface area contributed by atoms with Gasteiger partial charge in [-0.25, -0.2) is 28.8 Å². The highest BCUT2D eigenvalue weighted by Gasteiger charge is 2.57. The molecule has 5 N–H and O–H groups in total. The quantitative estimate of drug-likeness (QED) is 0.00786. The van der Waals surface area contributed by atoms with E-state index < -0.39 is 94.5 Å². The molecule has 0 radical (unpaired) electrons. The largest absolute Gasteiger partial charge is 0.519 e. The van der Waals surface area contributed by atoms with E-state index in [-0.39, 0.29) is 107 Å². The molecule has 8 atom stereocenters. The lowest BCUT2D eigenvalue weighted by Gasteiger charge is -2.49. The van der Waals surface area contributed by atoms with Gasteiger partial charge >= 0.3 is 48.1 Å². The van der Waals surface area contributed by atoms with Crippen LogP contribution in [-0.4, -0.2) is 220 Å². The van der Waals surface area contributed by atoms with Crippen molar-refractivity contribution in [2.45, 2.75) is 186 Å². The summed E-state index contributed by atoms with van der Waals surface area (Å²) in [5.41, 5.74) is 15.1. The fourth-order valence-electron chi connectivity index (χ4n) is 13.5. The first-order chi connectivity index (χ1) is 63.8. The van der Waals surface area contributed by atoms with Crippen LogP contribution in [0, 0.1) is 11.8 Å². The van der Waals surface area contributed by atoms with Crippen LogP contribution in [0.2, 0.25) is 0 Å². The molecule has 726 valence electrons. The number of nitrogens with two attached hydrogens (primary N) is 2. The zero-order chi connectivity index (χ0) is 99.0. The summed E-state index contributed by atoms with van der Waals surface area (Å²) in [7, 11) is 4.75. The highest BCUT2D eigenvalue weighted by atomic mass is 35.5. The van der Waals surface area contributed by atoms with Crippen LogP contribution in [0.3, 0.4) is 0 Å². The number of carboxylic acid groups (broad SMARTS) is 1.